The fourth-order valence-corrected chi connectivity index (χ4v) is 5.57. The monoisotopic (exact) mass is 430 g/mol. The first-order valence-electron chi connectivity index (χ1n) is 9.93. The normalized spacial score (nSPS) is 19.2. The molecule has 8 heteroatoms. The van der Waals surface area contributed by atoms with Gasteiger partial charge in [-0.25, -0.2) is 13.2 Å². The van der Waals surface area contributed by atoms with E-state index in [1.54, 1.807) is 55.5 Å². The zero-order valence-electron chi connectivity index (χ0n) is 16.8. The highest BCUT2D eigenvalue weighted by Gasteiger charge is 2.42. The van der Waals surface area contributed by atoms with Crippen LogP contribution in [0.25, 0.3) is 0 Å². The molecule has 1 fully saturated rings. The Morgan fingerprint density at radius 3 is 2.30 bits per heavy atom. The summed E-state index contributed by atoms with van der Waals surface area (Å²) in [4.78, 5) is 24.6. The molecule has 0 spiro atoms. The number of nitrogens with one attached hydrogen (secondary N) is 1. The van der Waals surface area contributed by atoms with Gasteiger partial charge in [-0.1, -0.05) is 60.7 Å². The van der Waals surface area contributed by atoms with E-state index >= 15 is 0 Å². The minimum absolute atomic E-state index is 0.127. The Kier molecular flexibility index (Phi) is 6.89. The zero-order chi connectivity index (χ0) is 21.7. The molecule has 0 radical (unpaired) electrons. The van der Waals surface area contributed by atoms with E-state index in [9.17, 15) is 23.1 Å². The Balaban J connectivity index is 1.75. The highest BCUT2D eigenvalue weighted by molar-refractivity contribution is 7.89. The van der Waals surface area contributed by atoms with Gasteiger partial charge in [0.25, 0.3) is 0 Å². The molecule has 1 unspecified atom stereocenters. The lowest BCUT2D eigenvalue weighted by atomic mass is 10.1. The van der Waals surface area contributed by atoms with E-state index < -0.39 is 39.2 Å². The number of benzene rings is 2. The molecule has 1 aliphatic rings. The minimum atomic E-state index is -3.78. The molecular formula is C22H26N2O5S. The Labute approximate surface area is 176 Å². The summed E-state index contributed by atoms with van der Waals surface area (Å²) in [7, 11) is -3.78. The molecule has 0 bridgehead atoms. The number of hydrogen-bond acceptors (Lipinski definition) is 4. The van der Waals surface area contributed by atoms with E-state index in [1.165, 1.54) is 4.31 Å². The predicted molar refractivity (Wildman–Crippen MR) is 113 cm³/mol. The largest absolute Gasteiger partial charge is 0.480 e. The smallest absolute Gasteiger partial charge is 0.326 e. The van der Waals surface area contributed by atoms with E-state index in [-0.39, 0.29) is 13.0 Å². The number of carbonyl (C=O) groups is 2. The number of carboxylic acids is 1. The first kappa shape index (κ1) is 22.0. The van der Waals surface area contributed by atoms with Crippen LogP contribution in [0.4, 0.5) is 0 Å². The van der Waals surface area contributed by atoms with Gasteiger partial charge < -0.3 is 10.4 Å². The van der Waals surface area contributed by atoms with E-state index in [2.05, 4.69) is 5.32 Å². The predicted octanol–water partition coefficient (Wildman–Crippen LogP) is 2.35. The van der Waals surface area contributed by atoms with Crippen LogP contribution in [0.5, 0.6) is 0 Å². The van der Waals surface area contributed by atoms with Crippen LogP contribution >= 0.6 is 0 Å². The first-order valence-corrected chi connectivity index (χ1v) is 11.4. The maximum atomic E-state index is 13.2. The second-order valence-corrected chi connectivity index (χ2v) is 9.66. The lowest BCUT2D eigenvalue weighted by Crippen LogP contribution is -2.51. The molecule has 1 heterocycles. The van der Waals surface area contributed by atoms with Crippen molar-refractivity contribution >= 4 is 21.9 Å². The molecule has 3 atom stereocenters. The summed E-state index contributed by atoms with van der Waals surface area (Å²) in [5, 5.41) is 11.3. The van der Waals surface area contributed by atoms with Gasteiger partial charge in [-0.15, -0.1) is 0 Å². The lowest BCUT2D eigenvalue weighted by Gasteiger charge is -2.27. The first-order chi connectivity index (χ1) is 14.3. The number of amides is 1. The topological polar surface area (TPSA) is 104 Å². The van der Waals surface area contributed by atoms with Gasteiger partial charge in [0.2, 0.25) is 15.9 Å². The van der Waals surface area contributed by atoms with E-state index in [4.69, 9.17) is 0 Å². The molecule has 160 valence electrons. The van der Waals surface area contributed by atoms with Crippen LogP contribution < -0.4 is 5.32 Å². The summed E-state index contributed by atoms with van der Waals surface area (Å²) in [6.45, 7) is 1.85. The van der Waals surface area contributed by atoms with Crippen molar-refractivity contribution in [1.29, 1.82) is 0 Å². The molecule has 30 heavy (non-hydrogen) atoms. The quantitative estimate of drug-likeness (QED) is 0.669. The third-order valence-corrected chi connectivity index (χ3v) is 7.70. The molecule has 7 nitrogen and oxygen atoms in total. The Morgan fingerprint density at radius 1 is 1.10 bits per heavy atom. The van der Waals surface area contributed by atoms with Gasteiger partial charge in [0.05, 0.1) is 5.25 Å². The molecule has 2 aromatic rings. The summed E-state index contributed by atoms with van der Waals surface area (Å²) in [5.41, 5.74) is 1.43. The summed E-state index contributed by atoms with van der Waals surface area (Å²) in [5.74, 6) is -1.73. The number of rotatable bonds is 8. The van der Waals surface area contributed by atoms with Crippen molar-refractivity contribution in [2.24, 2.45) is 0 Å². The number of nitrogens with zero attached hydrogens (tertiary/aromatic N) is 1. The average Bonchev–Trinajstić information content (AvgIpc) is 3.25. The fourth-order valence-electron chi connectivity index (χ4n) is 3.72. The maximum absolute atomic E-state index is 13.2. The average molecular weight is 431 g/mol. The third-order valence-electron chi connectivity index (χ3n) is 5.45. The molecule has 0 aromatic heterocycles. The van der Waals surface area contributed by atoms with Crippen molar-refractivity contribution in [2.45, 2.75) is 43.5 Å². The highest BCUT2D eigenvalue weighted by Crippen LogP contribution is 2.31. The Bertz CT molecular complexity index is 979. The van der Waals surface area contributed by atoms with Gasteiger partial charge in [-0.3, -0.25) is 4.79 Å². The van der Waals surface area contributed by atoms with Gasteiger partial charge in [-0.2, -0.15) is 4.31 Å². The van der Waals surface area contributed by atoms with Gasteiger partial charge in [0, 0.05) is 13.0 Å². The van der Waals surface area contributed by atoms with E-state index in [0.717, 1.165) is 5.56 Å². The zero-order valence-corrected chi connectivity index (χ0v) is 17.6. The van der Waals surface area contributed by atoms with Gasteiger partial charge in [-0.05, 0) is 30.9 Å². The van der Waals surface area contributed by atoms with Crippen LogP contribution in [0, 0.1) is 0 Å². The standard InChI is InChI=1S/C22H26N2O5S/c1-16(18-11-6-3-7-12-18)30(28,29)24-14-8-13-20(24)21(25)23-19(22(26)27)15-17-9-4-2-5-10-17/h2-7,9-12,16,19-20H,8,13-15H2,1H3,(H,23,25)(H,26,27)/t16?,19-,20-/m0/s1. The van der Waals surface area contributed by atoms with Crippen LogP contribution in [0.15, 0.2) is 60.7 Å². The van der Waals surface area contributed by atoms with Crippen LogP contribution in [-0.4, -0.2) is 48.3 Å². The molecule has 1 aliphatic heterocycles. The number of sulfonamides is 1. The highest BCUT2D eigenvalue weighted by atomic mass is 32.2. The molecule has 2 N–H and O–H groups in total. The van der Waals surface area contributed by atoms with Gasteiger partial charge in [0.1, 0.15) is 12.1 Å². The van der Waals surface area contributed by atoms with Crippen LogP contribution in [0.3, 0.4) is 0 Å². The second-order valence-electron chi connectivity index (χ2n) is 7.46. The third kappa shape index (κ3) is 4.88. The lowest BCUT2D eigenvalue weighted by molar-refractivity contribution is -0.142. The van der Waals surface area contributed by atoms with Crippen molar-refractivity contribution in [1.82, 2.24) is 9.62 Å². The van der Waals surface area contributed by atoms with Crippen LogP contribution in [0.1, 0.15) is 36.1 Å². The Hall–Kier alpha value is -2.71. The molecule has 1 amide bonds. The van der Waals surface area contributed by atoms with Gasteiger partial charge >= 0.3 is 5.97 Å². The molecule has 2 aromatic carbocycles. The Morgan fingerprint density at radius 2 is 1.70 bits per heavy atom. The van der Waals surface area contributed by atoms with E-state index in [1.807, 2.05) is 12.1 Å². The van der Waals surface area contributed by atoms with Crippen LogP contribution in [0.2, 0.25) is 0 Å². The molecule has 0 saturated carbocycles. The molecule has 3 rings (SSSR count). The van der Waals surface area contributed by atoms with Crippen molar-refractivity contribution in [3.8, 4) is 0 Å². The number of aliphatic carboxylic acids is 1. The molecule has 0 aliphatic carbocycles. The summed E-state index contributed by atoms with van der Waals surface area (Å²) < 4.78 is 27.6. The summed E-state index contributed by atoms with van der Waals surface area (Å²) in [6.07, 6.45) is 1.04. The SMILES string of the molecule is CC(c1ccccc1)S(=O)(=O)N1CCC[C@H]1C(=O)N[C@@H](Cc1ccccc1)C(=O)O. The molecule has 1 saturated heterocycles. The van der Waals surface area contributed by atoms with Crippen molar-refractivity contribution in [3.63, 3.8) is 0 Å². The van der Waals surface area contributed by atoms with Gasteiger partial charge in [0.15, 0.2) is 0 Å². The van der Waals surface area contributed by atoms with E-state index in [0.29, 0.717) is 18.4 Å². The minimum Gasteiger partial charge on any atom is -0.480 e. The number of carboxylic acid groups (broad SMARTS) is 1. The molecular weight excluding hydrogens is 404 g/mol. The van der Waals surface area contributed by atoms with Crippen molar-refractivity contribution in [3.05, 3.63) is 71.8 Å². The van der Waals surface area contributed by atoms with Crippen molar-refractivity contribution in [2.75, 3.05) is 6.54 Å². The van der Waals surface area contributed by atoms with Crippen LogP contribution in [-0.2, 0) is 26.0 Å². The maximum Gasteiger partial charge on any atom is 0.326 e. The number of hydrogen-bond donors (Lipinski definition) is 2. The fraction of sp³-hybridized carbons (Fsp3) is 0.364. The second kappa shape index (κ2) is 9.40. The number of carbonyl (C=O) groups excluding carboxylic acids is 1. The van der Waals surface area contributed by atoms with Crippen molar-refractivity contribution < 1.29 is 23.1 Å². The summed E-state index contributed by atoms with van der Waals surface area (Å²) >= 11 is 0. The summed E-state index contributed by atoms with van der Waals surface area (Å²) in [6, 6.07) is 15.8.